The lowest BCUT2D eigenvalue weighted by molar-refractivity contribution is 0.0550. The van der Waals surface area contributed by atoms with Crippen molar-refractivity contribution in [2.45, 2.75) is 5.66 Å². The first kappa shape index (κ1) is 21.0. The van der Waals surface area contributed by atoms with E-state index in [0.717, 1.165) is 16.2 Å². The molecule has 3 nitrogen and oxygen atoms in total. The second-order valence-electron chi connectivity index (χ2n) is 6.92. The summed E-state index contributed by atoms with van der Waals surface area (Å²) in [7, 11) is -1.10. The highest BCUT2D eigenvalue weighted by molar-refractivity contribution is 7.33. The predicted octanol–water partition coefficient (Wildman–Crippen LogP) is 7.06. The van der Waals surface area contributed by atoms with Crippen molar-refractivity contribution >= 4 is 36.3 Å². The molecular weight excluding hydrogens is 417 g/mol. The van der Waals surface area contributed by atoms with Crippen LogP contribution in [0, 0.1) is 0 Å². The van der Waals surface area contributed by atoms with Gasteiger partial charge in [-0.15, -0.1) is 0 Å². The minimum absolute atomic E-state index is 0.0849. The maximum atomic E-state index is 15.0. The number of carbonyl (C=O) groups is 1. The summed E-state index contributed by atoms with van der Waals surface area (Å²) in [4.78, 5) is 12.1. The summed E-state index contributed by atoms with van der Waals surface area (Å²) in [6.07, 6.45) is 1.47. The molecule has 0 heterocycles. The van der Waals surface area contributed by atoms with Crippen LogP contribution in [0.3, 0.4) is 0 Å². The van der Waals surface area contributed by atoms with Crippen LogP contribution in [0.1, 0.15) is 15.9 Å². The van der Waals surface area contributed by atoms with Crippen LogP contribution in [0.15, 0.2) is 91.5 Å². The van der Waals surface area contributed by atoms with E-state index < -0.39 is 20.4 Å². The van der Waals surface area contributed by atoms with Gasteiger partial charge in [0.05, 0.1) is 5.56 Å². The van der Waals surface area contributed by atoms with Crippen molar-refractivity contribution in [3.63, 3.8) is 0 Å². The third-order valence-corrected chi connectivity index (χ3v) is 5.68. The smallest absolute Gasteiger partial charge is 0.338 e. The first-order valence-electron chi connectivity index (χ1n) is 9.60. The lowest BCUT2D eigenvalue weighted by Crippen LogP contribution is -2.08. The Kier molecular flexibility index (Phi) is 5.97. The molecule has 0 saturated carbocycles. The van der Waals surface area contributed by atoms with Crippen LogP contribution in [0.5, 0.6) is 5.75 Å². The SMILES string of the molecule is C=CCOC(=O)c1ccc2ccc(C(F)(F)POc3cccc4ccccc34)cc2c1. The maximum absolute atomic E-state index is 15.0. The molecule has 0 aliphatic heterocycles. The molecule has 0 radical (unpaired) electrons. The van der Waals surface area contributed by atoms with Crippen LogP contribution < -0.4 is 4.52 Å². The molecule has 0 aliphatic rings. The van der Waals surface area contributed by atoms with E-state index in [4.69, 9.17) is 9.26 Å². The van der Waals surface area contributed by atoms with E-state index in [1.807, 2.05) is 30.3 Å². The first-order valence-corrected chi connectivity index (χ1v) is 10.5. The molecule has 0 aromatic heterocycles. The van der Waals surface area contributed by atoms with Gasteiger partial charge in [-0.2, -0.15) is 8.78 Å². The normalized spacial score (nSPS) is 11.8. The van der Waals surface area contributed by atoms with Gasteiger partial charge in [-0.1, -0.05) is 67.3 Å². The van der Waals surface area contributed by atoms with Crippen molar-refractivity contribution < 1.29 is 22.8 Å². The van der Waals surface area contributed by atoms with Gasteiger partial charge >= 0.3 is 11.6 Å². The van der Waals surface area contributed by atoms with Gasteiger partial charge in [-0.05, 0) is 40.4 Å². The summed E-state index contributed by atoms with van der Waals surface area (Å²) in [6.45, 7) is 3.58. The molecule has 0 aliphatic carbocycles. The van der Waals surface area contributed by atoms with Crippen LogP contribution in [0.2, 0.25) is 0 Å². The van der Waals surface area contributed by atoms with E-state index in [2.05, 4.69) is 6.58 Å². The van der Waals surface area contributed by atoms with Crippen molar-refractivity contribution in [3.8, 4) is 5.75 Å². The van der Waals surface area contributed by atoms with E-state index in [1.54, 1.807) is 36.4 Å². The molecular formula is C25H19F2O3P. The molecule has 4 aromatic rings. The van der Waals surface area contributed by atoms with Crippen LogP contribution >= 0.6 is 8.81 Å². The highest BCUT2D eigenvalue weighted by atomic mass is 31.1. The second-order valence-corrected chi connectivity index (χ2v) is 7.96. The Labute approximate surface area is 180 Å². The second kappa shape index (κ2) is 8.83. The quantitative estimate of drug-likeness (QED) is 0.177. The van der Waals surface area contributed by atoms with Gasteiger partial charge < -0.3 is 9.26 Å². The lowest BCUT2D eigenvalue weighted by atomic mass is 10.0. The zero-order valence-corrected chi connectivity index (χ0v) is 17.5. The number of alkyl halides is 2. The maximum Gasteiger partial charge on any atom is 0.338 e. The number of carbonyl (C=O) groups excluding carboxylic acids is 1. The number of rotatable bonds is 7. The number of halogens is 2. The summed E-state index contributed by atoms with van der Waals surface area (Å²) in [6, 6.07) is 22.1. The van der Waals surface area contributed by atoms with Gasteiger partial charge in [0.25, 0.3) is 0 Å². The van der Waals surface area contributed by atoms with E-state index >= 15 is 0 Å². The third-order valence-electron chi connectivity index (χ3n) is 4.81. The highest BCUT2D eigenvalue weighted by Crippen LogP contribution is 2.47. The Morgan fingerprint density at radius 1 is 0.935 bits per heavy atom. The van der Waals surface area contributed by atoms with Gasteiger partial charge in [-0.3, -0.25) is 0 Å². The molecule has 0 saturated heterocycles. The summed E-state index contributed by atoms with van der Waals surface area (Å²) in [5.41, 5.74) is -3.07. The number of fused-ring (bicyclic) bond motifs is 2. The standard InChI is InChI=1S/C25H19F2O3P/c1-2-14-29-24(28)19-11-10-17-12-13-21(16-20(17)15-19)25(26,27)31-30-23-9-5-7-18-6-3-4-8-22(18)23/h2-13,15-16,31H,1,14H2. The number of benzene rings is 4. The molecule has 156 valence electrons. The van der Waals surface area contributed by atoms with Gasteiger partial charge in [0, 0.05) is 10.9 Å². The third kappa shape index (κ3) is 4.57. The van der Waals surface area contributed by atoms with E-state index in [0.29, 0.717) is 16.7 Å². The lowest BCUT2D eigenvalue weighted by Gasteiger charge is -2.18. The summed E-state index contributed by atoms with van der Waals surface area (Å²) >= 11 is 0. The Hall–Kier alpha value is -3.30. The molecule has 31 heavy (non-hydrogen) atoms. The van der Waals surface area contributed by atoms with Gasteiger partial charge in [0.2, 0.25) is 0 Å². The van der Waals surface area contributed by atoms with Crippen molar-refractivity contribution in [2.75, 3.05) is 6.61 Å². The van der Waals surface area contributed by atoms with E-state index in [1.165, 1.54) is 18.2 Å². The van der Waals surface area contributed by atoms with Crippen molar-refractivity contribution in [3.05, 3.63) is 103 Å². The highest BCUT2D eigenvalue weighted by Gasteiger charge is 2.34. The topological polar surface area (TPSA) is 35.5 Å². The van der Waals surface area contributed by atoms with Crippen LogP contribution in [-0.2, 0) is 10.4 Å². The van der Waals surface area contributed by atoms with Crippen LogP contribution in [-0.4, -0.2) is 12.6 Å². The Balaban J connectivity index is 1.58. The summed E-state index contributed by atoms with van der Waals surface area (Å²) < 4.78 is 40.5. The Morgan fingerprint density at radius 3 is 2.55 bits per heavy atom. The van der Waals surface area contributed by atoms with Crippen molar-refractivity contribution in [2.24, 2.45) is 0 Å². The van der Waals surface area contributed by atoms with E-state index in [9.17, 15) is 13.6 Å². The molecule has 4 rings (SSSR count). The fourth-order valence-electron chi connectivity index (χ4n) is 3.25. The van der Waals surface area contributed by atoms with Crippen LogP contribution in [0.4, 0.5) is 8.78 Å². The van der Waals surface area contributed by atoms with Gasteiger partial charge in [0.1, 0.15) is 12.4 Å². The molecule has 4 aromatic carbocycles. The molecule has 0 spiro atoms. The summed E-state index contributed by atoms with van der Waals surface area (Å²) in [5, 5.41) is 2.99. The number of esters is 1. The van der Waals surface area contributed by atoms with Crippen molar-refractivity contribution in [1.82, 2.24) is 0 Å². The zero-order chi connectivity index (χ0) is 21.8. The van der Waals surface area contributed by atoms with Crippen molar-refractivity contribution in [1.29, 1.82) is 0 Å². The molecule has 1 unspecified atom stereocenters. The molecule has 0 amide bonds. The molecule has 1 atom stereocenters. The predicted molar refractivity (Wildman–Crippen MR) is 121 cm³/mol. The average Bonchev–Trinajstić information content (AvgIpc) is 2.80. The molecule has 0 N–H and O–H groups in total. The first-order chi connectivity index (χ1) is 15.0. The van der Waals surface area contributed by atoms with Gasteiger partial charge in [0.15, 0.2) is 8.81 Å². The summed E-state index contributed by atoms with van der Waals surface area (Å²) in [5.74, 6) is -0.107. The van der Waals surface area contributed by atoms with Gasteiger partial charge in [-0.25, -0.2) is 4.79 Å². The minimum atomic E-state index is -3.19. The number of hydrogen-bond acceptors (Lipinski definition) is 3. The Bertz CT molecular complexity index is 1260. The van der Waals surface area contributed by atoms with E-state index in [-0.39, 0.29) is 12.2 Å². The monoisotopic (exact) mass is 436 g/mol. The zero-order valence-electron chi connectivity index (χ0n) is 16.5. The minimum Gasteiger partial charge on any atom is -0.470 e. The largest absolute Gasteiger partial charge is 0.470 e. The number of ether oxygens (including phenoxy) is 1. The molecule has 0 fully saturated rings. The van der Waals surface area contributed by atoms with Crippen LogP contribution in [0.25, 0.3) is 21.5 Å². The fourth-order valence-corrected chi connectivity index (χ4v) is 3.94. The molecule has 6 heteroatoms. The molecule has 0 bridgehead atoms. The fraction of sp³-hybridized carbons (Fsp3) is 0.0800. The number of hydrogen-bond donors (Lipinski definition) is 0. The Morgan fingerprint density at radius 2 is 1.71 bits per heavy atom. The average molecular weight is 436 g/mol.